The van der Waals surface area contributed by atoms with Gasteiger partial charge in [-0.2, -0.15) is 10.4 Å². The number of anilines is 2. The molecule has 0 atom stereocenters. The lowest BCUT2D eigenvalue weighted by atomic mass is 10.1. The van der Waals surface area contributed by atoms with Crippen LogP contribution in [0.15, 0.2) is 53.3 Å². The maximum Gasteiger partial charge on any atom is 0.267 e. The molecular formula is C21H20N4O. The summed E-state index contributed by atoms with van der Waals surface area (Å²) in [6.45, 7) is 6.52. The first kappa shape index (κ1) is 17.4. The van der Waals surface area contributed by atoms with Gasteiger partial charge in [-0.05, 0) is 55.7 Å². The Morgan fingerprint density at radius 3 is 2.31 bits per heavy atom. The molecule has 1 N–H and O–H groups in total. The molecule has 0 saturated carbocycles. The molecule has 0 fully saturated rings. The van der Waals surface area contributed by atoms with Crippen molar-refractivity contribution >= 4 is 11.5 Å². The van der Waals surface area contributed by atoms with Crippen LogP contribution in [0.5, 0.6) is 0 Å². The largest absolute Gasteiger partial charge is 0.338 e. The highest BCUT2D eigenvalue weighted by Gasteiger charge is 2.07. The van der Waals surface area contributed by atoms with E-state index in [9.17, 15) is 4.79 Å². The van der Waals surface area contributed by atoms with E-state index >= 15 is 0 Å². The second-order valence-electron chi connectivity index (χ2n) is 6.42. The van der Waals surface area contributed by atoms with Crippen LogP contribution in [0.2, 0.25) is 0 Å². The first-order valence-corrected chi connectivity index (χ1v) is 8.38. The van der Waals surface area contributed by atoms with Gasteiger partial charge < -0.3 is 5.32 Å². The summed E-state index contributed by atoms with van der Waals surface area (Å²) in [4.78, 5) is 12.2. The van der Waals surface area contributed by atoms with Crippen molar-refractivity contribution in [3.63, 3.8) is 0 Å². The van der Waals surface area contributed by atoms with E-state index in [4.69, 9.17) is 5.26 Å². The van der Waals surface area contributed by atoms with Crippen molar-refractivity contribution in [3.8, 4) is 6.07 Å². The summed E-state index contributed by atoms with van der Waals surface area (Å²) in [5.74, 6) is 0.619. The van der Waals surface area contributed by atoms with Gasteiger partial charge in [0.25, 0.3) is 5.56 Å². The highest BCUT2D eigenvalue weighted by atomic mass is 16.1. The number of rotatable bonds is 4. The maximum absolute atomic E-state index is 12.2. The zero-order valence-corrected chi connectivity index (χ0v) is 15.1. The van der Waals surface area contributed by atoms with Gasteiger partial charge in [0.2, 0.25) is 0 Å². The van der Waals surface area contributed by atoms with Crippen LogP contribution in [0, 0.1) is 32.1 Å². The molecule has 26 heavy (non-hydrogen) atoms. The van der Waals surface area contributed by atoms with Crippen molar-refractivity contribution in [1.82, 2.24) is 9.78 Å². The van der Waals surface area contributed by atoms with Crippen LogP contribution in [0.1, 0.15) is 27.8 Å². The predicted octanol–water partition coefficient (Wildman–Crippen LogP) is 3.83. The zero-order chi connectivity index (χ0) is 18.7. The molecule has 2 aromatic carbocycles. The molecule has 5 heteroatoms. The zero-order valence-electron chi connectivity index (χ0n) is 15.1. The van der Waals surface area contributed by atoms with Crippen molar-refractivity contribution in [2.75, 3.05) is 5.32 Å². The number of benzene rings is 2. The van der Waals surface area contributed by atoms with E-state index in [0.717, 1.165) is 22.4 Å². The fourth-order valence-electron chi connectivity index (χ4n) is 2.99. The van der Waals surface area contributed by atoms with Gasteiger partial charge in [-0.15, -0.1) is 0 Å². The SMILES string of the molecule is Cc1cc(C)c(Nc2ccc(=O)n(Cc3ccc(C#N)cc3)n2)c(C)c1. The second-order valence-corrected chi connectivity index (χ2v) is 6.42. The van der Waals surface area contributed by atoms with Crippen LogP contribution in [0.3, 0.4) is 0 Å². The Bertz CT molecular complexity index is 1020. The van der Waals surface area contributed by atoms with Crippen molar-refractivity contribution in [3.05, 3.63) is 86.7 Å². The molecule has 0 unspecified atom stereocenters. The summed E-state index contributed by atoms with van der Waals surface area (Å²) < 4.78 is 1.42. The Hall–Kier alpha value is -3.39. The molecule has 0 aliphatic carbocycles. The minimum atomic E-state index is -0.169. The number of hydrogen-bond acceptors (Lipinski definition) is 4. The average molecular weight is 344 g/mol. The lowest BCUT2D eigenvalue weighted by Gasteiger charge is -2.14. The number of nitriles is 1. The molecule has 5 nitrogen and oxygen atoms in total. The molecule has 0 radical (unpaired) electrons. The lowest BCUT2D eigenvalue weighted by Crippen LogP contribution is -2.23. The summed E-state index contributed by atoms with van der Waals surface area (Å²) in [5, 5.41) is 16.6. The molecule has 3 aromatic rings. The van der Waals surface area contributed by atoms with E-state index < -0.39 is 0 Å². The quantitative estimate of drug-likeness (QED) is 0.781. The van der Waals surface area contributed by atoms with Gasteiger partial charge in [-0.3, -0.25) is 4.79 Å². The lowest BCUT2D eigenvalue weighted by molar-refractivity contribution is 0.643. The highest BCUT2D eigenvalue weighted by Crippen LogP contribution is 2.24. The van der Waals surface area contributed by atoms with Gasteiger partial charge in [0, 0.05) is 11.8 Å². The van der Waals surface area contributed by atoms with Gasteiger partial charge >= 0.3 is 0 Å². The minimum absolute atomic E-state index is 0.169. The molecule has 0 aliphatic rings. The third-order valence-corrected chi connectivity index (χ3v) is 4.21. The topological polar surface area (TPSA) is 70.7 Å². The van der Waals surface area contributed by atoms with Gasteiger partial charge in [-0.25, -0.2) is 4.68 Å². The molecule has 3 rings (SSSR count). The van der Waals surface area contributed by atoms with E-state index in [1.807, 2.05) is 12.1 Å². The van der Waals surface area contributed by atoms with E-state index in [-0.39, 0.29) is 5.56 Å². The first-order valence-electron chi connectivity index (χ1n) is 8.38. The highest BCUT2D eigenvalue weighted by molar-refractivity contribution is 5.64. The van der Waals surface area contributed by atoms with Crippen molar-refractivity contribution in [1.29, 1.82) is 5.26 Å². The molecule has 1 heterocycles. The third kappa shape index (κ3) is 3.81. The van der Waals surface area contributed by atoms with E-state index in [1.165, 1.54) is 16.3 Å². The van der Waals surface area contributed by atoms with Crippen LogP contribution in [0.25, 0.3) is 0 Å². The number of aryl methyl sites for hydroxylation is 3. The molecular weight excluding hydrogens is 324 g/mol. The van der Waals surface area contributed by atoms with E-state index in [2.05, 4.69) is 49.4 Å². The molecule has 0 amide bonds. The number of nitrogens with zero attached hydrogens (tertiary/aromatic N) is 3. The summed E-state index contributed by atoms with van der Waals surface area (Å²) in [5.41, 5.74) is 5.82. The van der Waals surface area contributed by atoms with Gasteiger partial charge in [-0.1, -0.05) is 29.8 Å². The van der Waals surface area contributed by atoms with Gasteiger partial charge in [0.15, 0.2) is 5.82 Å². The van der Waals surface area contributed by atoms with Crippen molar-refractivity contribution in [2.45, 2.75) is 27.3 Å². The molecule has 0 bridgehead atoms. The smallest absolute Gasteiger partial charge is 0.267 e. The summed E-state index contributed by atoms with van der Waals surface area (Å²) in [7, 11) is 0. The van der Waals surface area contributed by atoms with Crippen LogP contribution in [-0.4, -0.2) is 9.78 Å². The Morgan fingerprint density at radius 1 is 1.04 bits per heavy atom. The Balaban J connectivity index is 1.88. The average Bonchev–Trinajstić information content (AvgIpc) is 2.61. The second kappa shape index (κ2) is 7.24. The molecule has 130 valence electrons. The summed E-state index contributed by atoms with van der Waals surface area (Å²) in [6, 6.07) is 16.7. The Morgan fingerprint density at radius 2 is 1.69 bits per heavy atom. The van der Waals surface area contributed by atoms with Gasteiger partial charge in [0.1, 0.15) is 0 Å². The molecule has 1 aromatic heterocycles. The third-order valence-electron chi connectivity index (χ3n) is 4.21. The first-order chi connectivity index (χ1) is 12.5. The summed E-state index contributed by atoms with van der Waals surface area (Å²) in [6.07, 6.45) is 0. The molecule has 0 aliphatic heterocycles. The standard InChI is InChI=1S/C21H20N4O/c1-14-10-15(2)21(16(3)11-14)23-19-8-9-20(26)25(24-19)13-18-6-4-17(12-22)5-7-18/h4-11H,13H2,1-3H3,(H,23,24). The molecule has 0 saturated heterocycles. The predicted molar refractivity (Wildman–Crippen MR) is 103 cm³/mol. The monoisotopic (exact) mass is 344 g/mol. The number of nitrogens with one attached hydrogen (secondary N) is 1. The van der Waals surface area contributed by atoms with E-state index in [0.29, 0.717) is 17.9 Å². The normalized spacial score (nSPS) is 10.4. The fourth-order valence-corrected chi connectivity index (χ4v) is 2.99. The number of hydrogen-bond donors (Lipinski definition) is 1. The number of aromatic nitrogens is 2. The maximum atomic E-state index is 12.2. The van der Waals surface area contributed by atoms with Crippen molar-refractivity contribution < 1.29 is 0 Å². The Labute approximate surface area is 152 Å². The minimum Gasteiger partial charge on any atom is -0.338 e. The summed E-state index contributed by atoms with van der Waals surface area (Å²) >= 11 is 0. The van der Waals surface area contributed by atoms with Crippen LogP contribution in [0.4, 0.5) is 11.5 Å². The van der Waals surface area contributed by atoms with Crippen LogP contribution < -0.4 is 10.9 Å². The van der Waals surface area contributed by atoms with E-state index in [1.54, 1.807) is 18.2 Å². The van der Waals surface area contributed by atoms with Crippen molar-refractivity contribution in [2.24, 2.45) is 0 Å². The van der Waals surface area contributed by atoms with Gasteiger partial charge in [0.05, 0.1) is 18.2 Å². The van der Waals surface area contributed by atoms with Crippen LogP contribution >= 0.6 is 0 Å². The Kier molecular flexibility index (Phi) is 4.85. The molecule has 0 spiro atoms. The van der Waals surface area contributed by atoms with Crippen LogP contribution in [-0.2, 0) is 6.54 Å². The fraction of sp³-hybridized carbons (Fsp3) is 0.190.